The van der Waals surface area contributed by atoms with Gasteiger partial charge in [0.15, 0.2) is 0 Å². The fourth-order valence-electron chi connectivity index (χ4n) is 1.25. The maximum atomic E-state index is 10.7. The van der Waals surface area contributed by atoms with Crippen LogP contribution in [-0.2, 0) is 9.53 Å². The second-order valence-electron chi connectivity index (χ2n) is 2.89. The average molecular weight is 175 g/mol. The van der Waals surface area contributed by atoms with Gasteiger partial charge >= 0.3 is 0 Å². The van der Waals surface area contributed by atoms with Crippen molar-refractivity contribution in [1.29, 1.82) is 0 Å². The topological polar surface area (TPSA) is 92.8 Å². The number of carbonyl (C=O) groups excluding carboxylic acids is 1. The number of rotatable bonds is 2. The van der Waals surface area contributed by atoms with Crippen molar-refractivity contribution in [1.82, 2.24) is 0 Å². The summed E-state index contributed by atoms with van der Waals surface area (Å²) >= 11 is 0. The molecule has 0 aromatic rings. The van der Waals surface area contributed by atoms with E-state index in [1.807, 2.05) is 0 Å². The van der Waals surface area contributed by atoms with E-state index in [1.54, 1.807) is 0 Å². The number of hydrogen-bond donors (Lipinski definition) is 3. The van der Waals surface area contributed by atoms with Crippen molar-refractivity contribution in [3.8, 4) is 0 Å². The third kappa shape index (κ3) is 1.94. The number of aliphatic hydroxyl groups excluding tert-OH is 2. The van der Waals surface area contributed by atoms with Crippen LogP contribution < -0.4 is 5.73 Å². The Morgan fingerprint density at radius 1 is 1.58 bits per heavy atom. The molecule has 1 heterocycles. The first-order valence-corrected chi connectivity index (χ1v) is 3.89. The van der Waals surface area contributed by atoms with Crippen LogP contribution in [0.5, 0.6) is 0 Å². The summed E-state index contributed by atoms with van der Waals surface area (Å²) < 4.78 is 5.03. The zero-order chi connectivity index (χ0) is 9.14. The third-order valence-corrected chi connectivity index (χ3v) is 1.99. The Morgan fingerprint density at radius 3 is 2.75 bits per heavy atom. The van der Waals surface area contributed by atoms with Crippen molar-refractivity contribution in [3.63, 3.8) is 0 Å². The summed E-state index contributed by atoms with van der Waals surface area (Å²) in [5.41, 5.74) is 5.00. The second kappa shape index (κ2) is 3.84. The quantitative estimate of drug-likeness (QED) is 0.470. The highest BCUT2D eigenvalue weighted by molar-refractivity contribution is 5.78. The summed E-state index contributed by atoms with van der Waals surface area (Å²) in [5.74, 6) is -0.541. The van der Waals surface area contributed by atoms with Crippen molar-refractivity contribution in [3.05, 3.63) is 0 Å². The normalized spacial score (nSPS) is 36.3. The predicted octanol–water partition coefficient (Wildman–Crippen LogP) is -1.63. The Balaban J connectivity index is 2.49. The molecule has 3 unspecified atom stereocenters. The number of carbonyl (C=O) groups is 1. The largest absolute Gasteiger partial charge is 0.394 e. The minimum Gasteiger partial charge on any atom is -0.394 e. The first-order chi connectivity index (χ1) is 5.65. The predicted molar refractivity (Wildman–Crippen MR) is 40.2 cm³/mol. The lowest BCUT2D eigenvalue weighted by Crippen LogP contribution is -2.46. The summed E-state index contributed by atoms with van der Waals surface area (Å²) in [6, 6.07) is 0. The van der Waals surface area contributed by atoms with Crippen LogP contribution in [0.3, 0.4) is 0 Å². The maximum Gasteiger partial charge on any atom is 0.246 e. The van der Waals surface area contributed by atoms with Crippen LogP contribution in [0.4, 0.5) is 0 Å². The Hall–Kier alpha value is -0.650. The molecule has 70 valence electrons. The summed E-state index contributed by atoms with van der Waals surface area (Å²) in [5, 5.41) is 18.0. The molecule has 1 fully saturated rings. The zero-order valence-electron chi connectivity index (χ0n) is 6.64. The van der Waals surface area contributed by atoms with Gasteiger partial charge in [-0.2, -0.15) is 0 Å². The molecule has 1 saturated heterocycles. The van der Waals surface area contributed by atoms with Gasteiger partial charge in [-0.25, -0.2) is 0 Å². The van der Waals surface area contributed by atoms with E-state index in [2.05, 4.69) is 0 Å². The first kappa shape index (κ1) is 9.44. The molecule has 1 aliphatic heterocycles. The van der Waals surface area contributed by atoms with Gasteiger partial charge in [-0.1, -0.05) is 0 Å². The number of amides is 1. The molecule has 0 aliphatic carbocycles. The fourth-order valence-corrected chi connectivity index (χ4v) is 1.25. The van der Waals surface area contributed by atoms with Crippen molar-refractivity contribution in [2.24, 2.45) is 5.73 Å². The van der Waals surface area contributed by atoms with E-state index in [0.717, 1.165) is 0 Å². The highest BCUT2D eigenvalue weighted by Gasteiger charge is 2.31. The van der Waals surface area contributed by atoms with Crippen LogP contribution in [0, 0.1) is 0 Å². The number of ether oxygens (including phenoxy) is 1. The van der Waals surface area contributed by atoms with E-state index in [4.69, 9.17) is 15.6 Å². The number of nitrogens with two attached hydrogens (primary N) is 1. The lowest BCUT2D eigenvalue weighted by molar-refractivity contribution is -0.156. The van der Waals surface area contributed by atoms with E-state index in [-0.39, 0.29) is 6.61 Å². The van der Waals surface area contributed by atoms with Crippen LogP contribution in [0.1, 0.15) is 12.8 Å². The van der Waals surface area contributed by atoms with Crippen molar-refractivity contribution in [2.75, 3.05) is 6.61 Å². The van der Waals surface area contributed by atoms with E-state index in [9.17, 15) is 9.90 Å². The number of primary amides is 1. The van der Waals surface area contributed by atoms with Gasteiger partial charge in [-0.15, -0.1) is 0 Å². The third-order valence-electron chi connectivity index (χ3n) is 1.99. The Labute approximate surface area is 70.1 Å². The fraction of sp³-hybridized carbons (Fsp3) is 0.857. The van der Waals surface area contributed by atoms with Gasteiger partial charge in [-0.05, 0) is 12.8 Å². The van der Waals surface area contributed by atoms with Crippen molar-refractivity contribution in [2.45, 2.75) is 31.2 Å². The van der Waals surface area contributed by atoms with Gasteiger partial charge in [0.05, 0.1) is 12.7 Å². The van der Waals surface area contributed by atoms with Crippen molar-refractivity contribution < 1.29 is 19.7 Å². The van der Waals surface area contributed by atoms with Gasteiger partial charge in [-0.3, -0.25) is 4.79 Å². The molecule has 0 bridgehead atoms. The highest BCUT2D eigenvalue weighted by atomic mass is 16.5. The van der Waals surface area contributed by atoms with Crippen LogP contribution in [-0.4, -0.2) is 41.0 Å². The smallest absolute Gasteiger partial charge is 0.246 e. The number of aliphatic hydroxyl groups is 2. The van der Waals surface area contributed by atoms with Gasteiger partial charge in [0.1, 0.15) is 12.2 Å². The van der Waals surface area contributed by atoms with E-state index >= 15 is 0 Å². The summed E-state index contributed by atoms with van der Waals surface area (Å²) in [7, 11) is 0. The molecular weight excluding hydrogens is 162 g/mol. The van der Waals surface area contributed by atoms with Crippen LogP contribution in [0.25, 0.3) is 0 Å². The van der Waals surface area contributed by atoms with Crippen LogP contribution in [0.15, 0.2) is 0 Å². The van der Waals surface area contributed by atoms with Gasteiger partial charge in [0.25, 0.3) is 0 Å². The monoisotopic (exact) mass is 175 g/mol. The highest BCUT2D eigenvalue weighted by Crippen LogP contribution is 2.18. The van der Waals surface area contributed by atoms with Crippen molar-refractivity contribution >= 4 is 5.91 Å². The summed E-state index contributed by atoms with van der Waals surface area (Å²) in [6.45, 7) is -0.287. The summed E-state index contributed by atoms with van der Waals surface area (Å²) in [4.78, 5) is 10.7. The maximum absolute atomic E-state index is 10.7. The summed E-state index contributed by atoms with van der Waals surface area (Å²) in [6.07, 6.45) is -1.15. The first-order valence-electron chi connectivity index (χ1n) is 3.89. The Bertz CT molecular complexity index is 173. The molecule has 1 rings (SSSR count). The van der Waals surface area contributed by atoms with Gasteiger partial charge < -0.3 is 20.7 Å². The van der Waals surface area contributed by atoms with Crippen LogP contribution in [0.2, 0.25) is 0 Å². The molecule has 1 amide bonds. The second-order valence-corrected chi connectivity index (χ2v) is 2.89. The molecule has 0 aromatic carbocycles. The molecule has 4 N–H and O–H groups in total. The molecule has 0 spiro atoms. The SMILES string of the molecule is NC(=O)C1CCC(O)C(CO)O1. The standard InChI is InChI=1S/C7H13NO4/c8-7(11)5-2-1-4(10)6(3-9)12-5/h4-6,9-10H,1-3H2,(H2,8,11). The Morgan fingerprint density at radius 2 is 2.25 bits per heavy atom. The molecule has 0 radical (unpaired) electrons. The molecule has 0 aromatic heterocycles. The molecule has 5 heteroatoms. The van der Waals surface area contributed by atoms with E-state index in [0.29, 0.717) is 12.8 Å². The minimum absolute atomic E-state index is 0.287. The van der Waals surface area contributed by atoms with Crippen LogP contribution >= 0.6 is 0 Å². The molecule has 0 saturated carbocycles. The van der Waals surface area contributed by atoms with E-state index < -0.39 is 24.2 Å². The van der Waals surface area contributed by atoms with E-state index in [1.165, 1.54) is 0 Å². The molecule has 5 nitrogen and oxygen atoms in total. The minimum atomic E-state index is -0.689. The molecule has 1 aliphatic rings. The van der Waals surface area contributed by atoms with Gasteiger partial charge in [0.2, 0.25) is 5.91 Å². The molecule has 3 atom stereocenters. The number of hydrogen-bond acceptors (Lipinski definition) is 4. The Kier molecular flexibility index (Phi) is 3.02. The molecule has 12 heavy (non-hydrogen) atoms. The molecular formula is C7H13NO4. The van der Waals surface area contributed by atoms with Gasteiger partial charge in [0, 0.05) is 0 Å². The zero-order valence-corrected chi connectivity index (χ0v) is 6.64. The lowest BCUT2D eigenvalue weighted by Gasteiger charge is -2.31. The lowest BCUT2D eigenvalue weighted by atomic mass is 10.0. The average Bonchev–Trinajstić information content (AvgIpc) is 2.05.